The number of carbonyl (C=O) groups excluding carboxylic acids is 1. The van der Waals surface area contributed by atoms with Crippen LogP contribution in [0.5, 0.6) is 0 Å². The third kappa shape index (κ3) is 12.8. The monoisotopic (exact) mass is 908 g/mol. The molecule has 21 nitrogen and oxygen atoms in total. The number of hydrogen-bond acceptors (Lipinski definition) is 18. The van der Waals surface area contributed by atoms with Gasteiger partial charge in [-0.15, -0.1) is 0 Å². The second-order valence-electron chi connectivity index (χ2n) is 13.8. The second-order valence-corrected chi connectivity index (χ2v) is 18.5. The first-order chi connectivity index (χ1) is 27.9. The Hall–Kier alpha value is -3.33. The van der Waals surface area contributed by atoms with E-state index in [0.717, 1.165) is 6.42 Å². The van der Waals surface area contributed by atoms with Gasteiger partial charge in [-0.05, 0) is 57.0 Å². The SMILES string of the molecule is CCOP(=O)(CO)OCC.CCOP(=O)(CO[C@H]1O[C@@H](n2cnc3c(NC(=O)C(C)(C)C)nc(Cl)nc32)C[C@@H]1C)OCC.Nc1nc(Cl)nc2c1ncn2[C@H]1CC=CO1. The van der Waals surface area contributed by atoms with Gasteiger partial charge in [-0.2, -0.15) is 19.9 Å². The molecule has 6 heterocycles. The number of nitrogens with zero attached hydrogens (tertiary/aromatic N) is 8. The van der Waals surface area contributed by atoms with Gasteiger partial charge >= 0.3 is 15.2 Å². The first-order valence-corrected chi connectivity index (χ1v) is 22.9. The number of aromatic nitrogens is 8. The normalized spacial score (nSPS) is 19.3. The molecule has 4 N–H and O–H groups in total. The number of hydrogen-bond donors (Lipinski definition) is 3. The molecule has 2 aliphatic heterocycles. The highest BCUT2D eigenvalue weighted by Gasteiger charge is 2.38. The van der Waals surface area contributed by atoms with Gasteiger partial charge in [-0.3, -0.25) is 23.1 Å². The Bertz CT molecular complexity index is 2120. The summed E-state index contributed by atoms with van der Waals surface area (Å²) in [7, 11) is -6.50. The first kappa shape index (κ1) is 48.3. The molecular weight excluding hydrogens is 857 g/mol. The van der Waals surface area contributed by atoms with Crippen molar-refractivity contribution in [2.24, 2.45) is 11.3 Å². The van der Waals surface area contributed by atoms with Gasteiger partial charge in [0.05, 0.1) is 39.0 Å². The molecular formula is C34H52Cl2N10O11P2. The molecule has 4 aromatic rings. The zero-order valence-electron chi connectivity index (χ0n) is 34.1. The van der Waals surface area contributed by atoms with Crippen molar-refractivity contribution in [2.45, 2.75) is 87.0 Å². The Morgan fingerprint density at radius 3 is 1.98 bits per heavy atom. The van der Waals surface area contributed by atoms with Crippen molar-refractivity contribution in [3.8, 4) is 0 Å². The van der Waals surface area contributed by atoms with E-state index in [1.165, 1.54) is 0 Å². The lowest BCUT2D eigenvalue weighted by Crippen LogP contribution is -2.28. The van der Waals surface area contributed by atoms with E-state index in [1.807, 2.05) is 13.0 Å². The summed E-state index contributed by atoms with van der Waals surface area (Å²) in [5.74, 6) is 0.276. The topological polar surface area (TPSA) is 261 Å². The summed E-state index contributed by atoms with van der Waals surface area (Å²) in [5.41, 5.74) is 7.03. The van der Waals surface area contributed by atoms with Crippen LogP contribution in [0.15, 0.2) is 25.0 Å². The van der Waals surface area contributed by atoms with E-state index in [4.69, 9.17) is 66.3 Å². The Balaban J connectivity index is 0.000000242. The number of anilines is 2. The largest absolute Gasteiger partial charge is 0.478 e. The van der Waals surface area contributed by atoms with Crippen LogP contribution in [0.3, 0.4) is 0 Å². The number of ether oxygens (including phenoxy) is 3. The number of aliphatic hydroxyl groups is 1. The van der Waals surface area contributed by atoms with Crippen LogP contribution in [0, 0.1) is 11.3 Å². The van der Waals surface area contributed by atoms with E-state index >= 15 is 0 Å². The van der Waals surface area contributed by atoms with Crippen molar-refractivity contribution >= 4 is 78.3 Å². The van der Waals surface area contributed by atoms with E-state index in [1.54, 1.807) is 76.5 Å². The van der Waals surface area contributed by atoms with Gasteiger partial charge in [0.25, 0.3) is 0 Å². The molecule has 1 amide bonds. The minimum Gasteiger partial charge on any atom is -0.478 e. The lowest BCUT2D eigenvalue weighted by molar-refractivity contribution is -0.153. The average Bonchev–Trinajstić information content (AvgIpc) is 3.98. The van der Waals surface area contributed by atoms with Crippen LogP contribution in [0.2, 0.25) is 10.6 Å². The number of rotatable bonds is 15. The number of halogens is 2. The summed E-state index contributed by atoms with van der Waals surface area (Å²) in [6.45, 7) is 15.3. The number of nitrogens with one attached hydrogen (secondary N) is 1. The summed E-state index contributed by atoms with van der Waals surface area (Å²) in [6, 6.07) is 0. The van der Waals surface area contributed by atoms with Gasteiger partial charge in [-0.1, -0.05) is 27.7 Å². The number of nitrogens with two attached hydrogens (primary N) is 1. The number of amides is 1. The van der Waals surface area contributed by atoms with E-state index in [9.17, 15) is 13.9 Å². The van der Waals surface area contributed by atoms with Gasteiger partial charge in [-0.25, -0.2) is 9.97 Å². The van der Waals surface area contributed by atoms with Crippen LogP contribution in [-0.4, -0.2) is 95.5 Å². The number of aliphatic hydroxyl groups excluding tert-OH is 1. The Morgan fingerprint density at radius 2 is 1.44 bits per heavy atom. The highest BCUT2D eigenvalue weighted by atomic mass is 35.5. The fourth-order valence-corrected chi connectivity index (χ4v) is 8.20. The fourth-order valence-electron chi connectivity index (χ4n) is 5.50. The van der Waals surface area contributed by atoms with Gasteiger partial charge < -0.3 is 48.5 Å². The number of nitrogen functional groups attached to an aromatic ring is 1. The molecule has 328 valence electrons. The van der Waals surface area contributed by atoms with E-state index < -0.39 is 39.5 Å². The van der Waals surface area contributed by atoms with Crippen molar-refractivity contribution in [1.82, 2.24) is 39.0 Å². The highest BCUT2D eigenvalue weighted by molar-refractivity contribution is 7.53. The van der Waals surface area contributed by atoms with Gasteiger partial charge in [0.1, 0.15) is 24.4 Å². The van der Waals surface area contributed by atoms with Crippen LogP contribution in [0.4, 0.5) is 11.6 Å². The lowest BCUT2D eigenvalue weighted by Gasteiger charge is -2.21. The third-order valence-corrected chi connectivity index (χ3v) is 12.0. The molecule has 4 atom stereocenters. The fraction of sp³-hybridized carbons (Fsp3) is 0.618. The summed E-state index contributed by atoms with van der Waals surface area (Å²) in [5, 5.41) is 11.4. The molecule has 0 bridgehead atoms. The maximum Gasteiger partial charge on any atom is 0.356 e. The minimum atomic E-state index is -3.36. The standard InChI is InChI=1S/C20H31ClN5O6P.C9H8ClN5O.C5H13O4P/c1-7-30-33(28,31-8-2)11-29-17-12(3)9-13(32-17)26-10-22-14-15(23-18(27)20(4,5)6)24-19(21)25-16(14)26;10-9-13-7(11)6-8(14-9)15(4-12-6)5-2-1-3-16-5;1-3-8-10(7,5-6)9-4-2/h10,12-13,17H,7-9,11H2,1-6H3,(H,23,24,25,27);1,3-5H,2H2,(H2,11,13,14);6H,3-5H2,1-2H3/t12-,13+,17-;5-;/m01./s1. The minimum absolute atomic E-state index is 0.0125. The summed E-state index contributed by atoms with van der Waals surface area (Å²) < 4.78 is 64.5. The molecule has 6 rings (SSSR count). The van der Waals surface area contributed by atoms with Gasteiger partial charge in [0, 0.05) is 24.2 Å². The lowest BCUT2D eigenvalue weighted by atomic mass is 9.96. The molecule has 1 saturated heterocycles. The number of carbonyl (C=O) groups is 1. The van der Waals surface area contributed by atoms with Crippen LogP contribution >= 0.6 is 38.4 Å². The van der Waals surface area contributed by atoms with Gasteiger partial charge in [0.15, 0.2) is 47.3 Å². The molecule has 0 radical (unpaired) electrons. The summed E-state index contributed by atoms with van der Waals surface area (Å²) >= 11 is 11.9. The predicted octanol–water partition coefficient (Wildman–Crippen LogP) is 7.28. The quantitative estimate of drug-likeness (QED) is 0.0781. The van der Waals surface area contributed by atoms with Crippen LogP contribution in [-0.2, 0) is 46.2 Å². The molecule has 0 aromatic carbocycles. The zero-order chi connectivity index (χ0) is 43.5. The maximum absolute atomic E-state index is 12.7. The van der Waals surface area contributed by atoms with Crippen molar-refractivity contribution in [3.63, 3.8) is 0 Å². The van der Waals surface area contributed by atoms with Crippen molar-refractivity contribution < 1.29 is 51.3 Å². The molecule has 0 unspecified atom stereocenters. The molecule has 4 aromatic heterocycles. The number of fused-ring (bicyclic) bond motifs is 2. The Kier molecular flexibility index (Phi) is 17.6. The summed E-state index contributed by atoms with van der Waals surface area (Å²) in [4.78, 5) is 37.4. The van der Waals surface area contributed by atoms with E-state index in [2.05, 4.69) is 35.2 Å². The second kappa shape index (κ2) is 21.5. The number of imidazole rings is 2. The first-order valence-electron chi connectivity index (χ1n) is 18.7. The van der Waals surface area contributed by atoms with Crippen molar-refractivity contribution in [1.29, 1.82) is 0 Å². The molecule has 0 aliphatic carbocycles. The molecule has 0 saturated carbocycles. The molecule has 25 heteroatoms. The van der Waals surface area contributed by atoms with Gasteiger partial charge in [0.2, 0.25) is 16.5 Å². The predicted molar refractivity (Wildman–Crippen MR) is 219 cm³/mol. The van der Waals surface area contributed by atoms with Crippen LogP contribution in [0.1, 0.15) is 80.7 Å². The molecule has 59 heavy (non-hydrogen) atoms. The third-order valence-electron chi connectivity index (χ3n) is 8.22. The smallest absolute Gasteiger partial charge is 0.356 e. The maximum atomic E-state index is 12.7. The molecule has 1 fully saturated rings. The van der Waals surface area contributed by atoms with E-state index in [-0.39, 0.29) is 73.0 Å². The summed E-state index contributed by atoms with van der Waals surface area (Å²) in [6.07, 6.45) is 6.18. The zero-order valence-corrected chi connectivity index (χ0v) is 37.4. The van der Waals surface area contributed by atoms with Crippen molar-refractivity contribution in [3.05, 3.63) is 35.6 Å². The average molecular weight is 910 g/mol. The van der Waals surface area contributed by atoms with E-state index in [0.29, 0.717) is 28.7 Å². The molecule has 2 aliphatic rings. The molecule has 0 spiro atoms. The van der Waals surface area contributed by atoms with Crippen molar-refractivity contribution in [2.75, 3.05) is 50.2 Å². The highest BCUT2D eigenvalue weighted by Crippen LogP contribution is 2.49. The Morgan fingerprint density at radius 1 is 0.898 bits per heavy atom. The van der Waals surface area contributed by atoms with Crippen LogP contribution in [0.25, 0.3) is 22.3 Å². The Labute approximate surface area is 351 Å². The van der Waals surface area contributed by atoms with Crippen LogP contribution < -0.4 is 11.1 Å².